The summed E-state index contributed by atoms with van der Waals surface area (Å²) < 4.78 is 5.00. The van der Waals surface area contributed by atoms with E-state index in [1.807, 2.05) is 13.0 Å². The quantitative estimate of drug-likeness (QED) is 0.508. The van der Waals surface area contributed by atoms with Crippen LogP contribution in [0, 0.1) is 5.92 Å². The number of aliphatic hydroxyl groups excluding tert-OH is 1. The van der Waals surface area contributed by atoms with Crippen LogP contribution in [0.5, 0.6) is 0 Å². The Morgan fingerprint density at radius 2 is 1.84 bits per heavy atom. The van der Waals surface area contributed by atoms with E-state index in [2.05, 4.69) is 10.6 Å². The van der Waals surface area contributed by atoms with Crippen LogP contribution in [0.25, 0.3) is 0 Å². The van der Waals surface area contributed by atoms with Crippen molar-refractivity contribution in [2.75, 3.05) is 6.61 Å². The molecule has 8 nitrogen and oxygen atoms in total. The normalized spacial score (nSPS) is 14.0. The molecular formula is C17H25N3O5. The summed E-state index contributed by atoms with van der Waals surface area (Å²) in [5, 5.41) is 14.0. The second-order valence-electron chi connectivity index (χ2n) is 5.72. The van der Waals surface area contributed by atoms with Gasteiger partial charge in [0.2, 0.25) is 11.8 Å². The third-order valence-electron chi connectivity index (χ3n) is 3.82. The predicted molar refractivity (Wildman–Crippen MR) is 91.2 cm³/mol. The Kier molecular flexibility index (Phi) is 8.42. The lowest BCUT2D eigenvalue weighted by atomic mass is 9.98. The molecule has 0 aliphatic heterocycles. The molecule has 8 heteroatoms. The Hall–Kier alpha value is -2.61. The molecule has 3 atom stereocenters. The molecular weight excluding hydrogens is 326 g/mol. The number of carbonyl (C=O) groups is 3. The summed E-state index contributed by atoms with van der Waals surface area (Å²) in [6.07, 6.45) is -0.221. The second kappa shape index (κ2) is 10.3. The summed E-state index contributed by atoms with van der Waals surface area (Å²) in [6, 6.07) is 6.89. The van der Waals surface area contributed by atoms with Crippen LogP contribution >= 0.6 is 0 Å². The highest BCUT2D eigenvalue weighted by Crippen LogP contribution is 2.07. The Bertz CT molecular complexity index is 579. The number of nitrogens with one attached hydrogen (secondary N) is 2. The zero-order chi connectivity index (χ0) is 18.8. The van der Waals surface area contributed by atoms with Crippen molar-refractivity contribution in [3.8, 4) is 0 Å². The van der Waals surface area contributed by atoms with Gasteiger partial charge in [-0.15, -0.1) is 0 Å². The SMILES string of the molecule is CC[C@@H](C)[C@H](NC(=O)[C@H](CO)NC(=O)OCc1ccccc1)C(N)=O. The van der Waals surface area contributed by atoms with Crippen molar-refractivity contribution in [3.63, 3.8) is 0 Å². The molecule has 0 saturated carbocycles. The van der Waals surface area contributed by atoms with Gasteiger partial charge in [-0.3, -0.25) is 9.59 Å². The van der Waals surface area contributed by atoms with Gasteiger partial charge < -0.3 is 26.2 Å². The molecule has 1 aromatic carbocycles. The van der Waals surface area contributed by atoms with Crippen molar-refractivity contribution >= 4 is 17.9 Å². The molecule has 5 N–H and O–H groups in total. The number of primary amides is 1. The maximum atomic E-state index is 12.2. The van der Waals surface area contributed by atoms with Gasteiger partial charge in [-0.05, 0) is 11.5 Å². The first-order valence-corrected chi connectivity index (χ1v) is 8.06. The molecule has 3 amide bonds. The van der Waals surface area contributed by atoms with Gasteiger partial charge in [0, 0.05) is 0 Å². The number of amides is 3. The second-order valence-corrected chi connectivity index (χ2v) is 5.72. The molecule has 0 unspecified atom stereocenters. The fraction of sp³-hybridized carbons (Fsp3) is 0.471. The molecule has 0 aromatic heterocycles. The van der Waals surface area contributed by atoms with Gasteiger partial charge in [-0.2, -0.15) is 0 Å². The van der Waals surface area contributed by atoms with Gasteiger partial charge in [-0.25, -0.2) is 4.79 Å². The summed E-state index contributed by atoms with van der Waals surface area (Å²) in [4.78, 5) is 35.4. The molecule has 1 aromatic rings. The molecule has 0 aliphatic carbocycles. The van der Waals surface area contributed by atoms with Crippen LogP contribution in [0.3, 0.4) is 0 Å². The van der Waals surface area contributed by atoms with Crippen molar-refractivity contribution in [2.45, 2.75) is 39.0 Å². The van der Waals surface area contributed by atoms with E-state index in [1.54, 1.807) is 31.2 Å². The molecule has 0 saturated heterocycles. The Morgan fingerprint density at radius 3 is 2.36 bits per heavy atom. The van der Waals surface area contributed by atoms with E-state index in [9.17, 15) is 19.5 Å². The maximum absolute atomic E-state index is 12.2. The van der Waals surface area contributed by atoms with E-state index in [-0.39, 0.29) is 12.5 Å². The summed E-state index contributed by atoms with van der Waals surface area (Å²) >= 11 is 0. The molecule has 0 spiro atoms. The fourth-order valence-corrected chi connectivity index (χ4v) is 2.08. The highest BCUT2D eigenvalue weighted by molar-refractivity contribution is 5.90. The number of alkyl carbamates (subject to hydrolysis) is 1. The standard InChI is InChI=1S/C17H25N3O5/c1-3-11(2)14(15(18)22)20-16(23)13(9-21)19-17(24)25-10-12-7-5-4-6-8-12/h4-8,11,13-14,21H,3,9-10H2,1-2H3,(H2,18,22)(H,19,24)(H,20,23)/t11-,13+,14+/m1/s1. The molecule has 0 fully saturated rings. The van der Waals surface area contributed by atoms with Crippen LogP contribution in [0.15, 0.2) is 30.3 Å². The summed E-state index contributed by atoms with van der Waals surface area (Å²) in [5.74, 6) is -1.56. The number of hydrogen-bond donors (Lipinski definition) is 4. The van der Waals surface area contributed by atoms with Crippen LogP contribution in [0.2, 0.25) is 0 Å². The third kappa shape index (κ3) is 6.80. The van der Waals surface area contributed by atoms with E-state index in [1.165, 1.54) is 0 Å². The topological polar surface area (TPSA) is 131 Å². The monoisotopic (exact) mass is 351 g/mol. The molecule has 1 rings (SSSR count). The van der Waals surface area contributed by atoms with Gasteiger partial charge in [-0.1, -0.05) is 50.6 Å². The van der Waals surface area contributed by atoms with E-state index in [4.69, 9.17) is 10.5 Å². The molecule has 0 bridgehead atoms. The van der Waals surface area contributed by atoms with Crippen molar-refractivity contribution in [3.05, 3.63) is 35.9 Å². The first kappa shape index (κ1) is 20.4. The molecule has 0 aliphatic rings. The van der Waals surface area contributed by atoms with Crippen molar-refractivity contribution in [1.82, 2.24) is 10.6 Å². The van der Waals surface area contributed by atoms with Crippen molar-refractivity contribution < 1.29 is 24.2 Å². The lowest BCUT2D eigenvalue weighted by Crippen LogP contribution is -2.56. The molecule has 0 heterocycles. The Morgan fingerprint density at radius 1 is 1.20 bits per heavy atom. The number of aliphatic hydroxyl groups is 1. The van der Waals surface area contributed by atoms with Crippen molar-refractivity contribution in [2.24, 2.45) is 11.7 Å². The van der Waals surface area contributed by atoms with E-state index < -0.39 is 36.6 Å². The zero-order valence-corrected chi connectivity index (χ0v) is 14.4. The Labute approximate surface area is 146 Å². The van der Waals surface area contributed by atoms with Gasteiger partial charge in [0.25, 0.3) is 0 Å². The minimum Gasteiger partial charge on any atom is -0.445 e. The third-order valence-corrected chi connectivity index (χ3v) is 3.82. The van der Waals surface area contributed by atoms with Gasteiger partial charge in [0.1, 0.15) is 18.7 Å². The largest absolute Gasteiger partial charge is 0.445 e. The number of carbonyl (C=O) groups excluding carboxylic acids is 3. The number of rotatable bonds is 9. The summed E-state index contributed by atoms with van der Waals surface area (Å²) in [5.41, 5.74) is 6.07. The molecule has 0 radical (unpaired) electrons. The number of nitrogens with two attached hydrogens (primary N) is 1. The number of ether oxygens (including phenoxy) is 1. The van der Waals surface area contributed by atoms with Crippen LogP contribution < -0.4 is 16.4 Å². The average molecular weight is 351 g/mol. The lowest BCUT2D eigenvalue weighted by molar-refractivity contribution is -0.130. The van der Waals surface area contributed by atoms with Gasteiger partial charge in [0.15, 0.2) is 0 Å². The average Bonchev–Trinajstić information content (AvgIpc) is 2.62. The number of hydrogen-bond acceptors (Lipinski definition) is 5. The van der Waals surface area contributed by atoms with Crippen LogP contribution in [0.4, 0.5) is 4.79 Å². The first-order chi connectivity index (χ1) is 11.9. The first-order valence-electron chi connectivity index (χ1n) is 8.06. The summed E-state index contributed by atoms with van der Waals surface area (Å²) in [7, 11) is 0. The molecule has 138 valence electrons. The van der Waals surface area contributed by atoms with E-state index in [0.29, 0.717) is 6.42 Å². The van der Waals surface area contributed by atoms with Gasteiger partial charge in [0.05, 0.1) is 6.61 Å². The maximum Gasteiger partial charge on any atom is 0.408 e. The molecule has 25 heavy (non-hydrogen) atoms. The van der Waals surface area contributed by atoms with E-state index in [0.717, 1.165) is 5.56 Å². The number of benzene rings is 1. The minimum atomic E-state index is -1.24. The minimum absolute atomic E-state index is 0.0310. The lowest BCUT2D eigenvalue weighted by Gasteiger charge is -2.24. The smallest absolute Gasteiger partial charge is 0.408 e. The van der Waals surface area contributed by atoms with Crippen molar-refractivity contribution in [1.29, 1.82) is 0 Å². The van der Waals surface area contributed by atoms with Crippen LogP contribution in [-0.2, 0) is 20.9 Å². The fourth-order valence-electron chi connectivity index (χ4n) is 2.08. The van der Waals surface area contributed by atoms with Crippen LogP contribution in [-0.4, -0.2) is 41.7 Å². The van der Waals surface area contributed by atoms with E-state index >= 15 is 0 Å². The highest BCUT2D eigenvalue weighted by Gasteiger charge is 2.28. The predicted octanol–water partition coefficient (Wildman–Crippen LogP) is 0.290. The summed E-state index contributed by atoms with van der Waals surface area (Å²) in [6.45, 7) is 3.02. The van der Waals surface area contributed by atoms with Gasteiger partial charge >= 0.3 is 6.09 Å². The Balaban J connectivity index is 2.57. The van der Waals surface area contributed by atoms with Crippen LogP contribution in [0.1, 0.15) is 25.8 Å². The highest BCUT2D eigenvalue weighted by atomic mass is 16.5. The zero-order valence-electron chi connectivity index (χ0n) is 14.4.